The highest BCUT2D eigenvalue weighted by atomic mass is 16.5. The van der Waals surface area contributed by atoms with Crippen molar-refractivity contribution in [2.45, 2.75) is 19.9 Å². The number of hydrogen-bond acceptors (Lipinski definition) is 3. The molecule has 0 bridgehead atoms. The summed E-state index contributed by atoms with van der Waals surface area (Å²) >= 11 is 0. The van der Waals surface area contributed by atoms with Crippen LogP contribution in [0.5, 0.6) is 0 Å². The quantitative estimate of drug-likeness (QED) is 0.701. The highest BCUT2D eigenvalue weighted by molar-refractivity contribution is 5.87. The van der Waals surface area contributed by atoms with Crippen molar-refractivity contribution in [2.75, 3.05) is 26.9 Å². The van der Waals surface area contributed by atoms with Gasteiger partial charge in [0.25, 0.3) is 0 Å². The zero-order chi connectivity index (χ0) is 12.7. The highest BCUT2D eigenvalue weighted by Gasteiger charge is 2.12. The second-order valence-electron chi connectivity index (χ2n) is 3.80. The number of carboxylic acid groups (broad SMARTS) is 1. The first kappa shape index (κ1) is 13.7. The summed E-state index contributed by atoms with van der Waals surface area (Å²) in [5.74, 6) is -0.896. The van der Waals surface area contributed by atoms with Crippen LogP contribution in [0.1, 0.15) is 22.5 Å². The molecule has 17 heavy (non-hydrogen) atoms. The molecule has 0 saturated carbocycles. The second kappa shape index (κ2) is 7.09. The van der Waals surface area contributed by atoms with Gasteiger partial charge in [0.15, 0.2) is 0 Å². The van der Waals surface area contributed by atoms with Gasteiger partial charge in [-0.05, 0) is 25.0 Å². The van der Waals surface area contributed by atoms with Crippen molar-refractivity contribution in [1.29, 1.82) is 0 Å². The van der Waals surface area contributed by atoms with Crippen LogP contribution in [-0.4, -0.2) is 42.6 Å². The molecule has 96 valence electrons. The molecule has 5 nitrogen and oxygen atoms in total. The molecule has 0 spiro atoms. The van der Waals surface area contributed by atoms with Crippen molar-refractivity contribution in [3.05, 3.63) is 23.5 Å². The summed E-state index contributed by atoms with van der Waals surface area (Å²) in [6, 6.07) is 1.80. The predicted molar refractivity (Wildman–Crippen MR) is 63.4 cm³/mol. The first-order chi connectivity index (χ1) is 8.16. The number of aryl methyl sites for hydroxylation is 1. The average molecular weight is 241 g/mol. The minimum absolute atomic E-state index is 0.338. The Morgan fingerprint density at radius 1 is 1.41 bits per heavy atom. The van der Waals surface area contributed by atoms with E-state index in [4.69, 9.17) is 14.6 Å². The van der Waals surface area contributed by atoms with Gasteiger partial charge in [-0.15, -0.1) is 0 Å². The summed E-state index contributed by atoms with van der Waals surface area (Å²) in [5, 5.41) is 9.03. The largest absolute Gasteiger partial charge is 0.477 e. The van der Waals surface area contributed by atoms with E-state index in [1.807, 2.05) is 0 Å². The third-order valence-corrected chi connectivity index (χ3v) is 2.48. The van der Waals surface area contributed by atoms with Gasteiger partial charge in [-0.25, -0.2) is 4.79 Å². The molecule has 1 N–H and O–H groups in total. The predicted octanol–water partition coefficient (Wildman–Crippen LogP) is 1.55. The number of aromatic carboxylic acids is 1. The Balaban J connectivity index is 2.34. The molecule has 0 amide bonds. The van der Waals surface area contributed by atoms with E-state index in [1.54, 1.807) is 30.9 Å². The van der Waals surface area contributed by atoms with Gasteiger partial charge in [0.2, 0.25) is 0 Å². The molecule has 0 aliphatic rings. The van der Waals surface area contributed by atoms with Gasteiger partial charge in [-0.3, -0.25) is 0 Å². The molecule has 0 unspecified atom stereocenters. The number of carbonyl (C=O) groups is 1. The van der Waals surface area contributed by atoms with Crippen LogP contribution in [0, 0.1) is 6.92 Å². The Morgan fingerprint density at radius 3 is 2.82 bits per heavy atom. The average Bonchev–Trinajstić information content (AvgIpc) is 2.65. The van der Waals surface area contributed by atoms with Gasteiger partial charge < -0.3 is 19.1 Å². The van der Waals surface area contributed by atoms with Crippen LogP contribution >= 0.6 is 0 Å². The summed E-state index contributed by atoms with van der Waals surface area (Å²) in [6.07, 6.45) is 2.63. The topological polar surface area (TPSA) is 60.7 Å². The Hall–Kier alpha value is -1.33. The van der Waals surface area contributed by atoms with Crippen molar-refractivity contribution in [1.82, 2.24) is 4.57 Å². The molecular weight excluding hydrogens is 222 g/mol. The second-order valence-corrected chi connectivity index (χ2v) is 3.80. The third kappa shape index (κ3) is 4.20. The lowest BCUT2D eigenvalue weighted by atomic mass is 10.3. The Labute approximate surface area is 101 Å². The SMILES string of the molecule is COCCCOCCn1ccc(C)c1C(=O)O. The molecule has 1 rings (SSSR count). The fraction of sp³-hybridized carbons (Fsp3) is 0.583. The Morgan fingerprint density at radius 2 is 2.18 bits per heavy atom. The zero-order valence-corrected chi connectivity index (χ0v) is 10.3. The van der Waals surface area contributed by atoms with Crippen molar-refractivity contribution >= 4 is 5.97 Å². The number of methoxy groups -OCH3 is 1. The maximum absolute atomic E-state index is 11.0. The number of aromatic nitrogens is 1. The van der Waals surface area contributed by atoms with Crippen LogP contribution in [0.25, 0.3) is 0 Å². The maximum Gasteiger partial charge on any atom is 0.352 e. The van der Waals surface area contributed by atoms with Crippen molar-refractivity contribution in [3.8, 4) is 0 Å². The molecule has 0 saturated heterocycles. The number of ether oxygens (including phenoxy) is 2. The molecule has 0 atom stereocenters. The smallest absolute Gasteiger partial charge is 0.352 e. The Bertz CT molecular complexity index is 359. The molecular formula is C12H19NO4. The van der Waals surface area contributed by atoms with Crippen LogP contribution in [0.15, 0.2) is 12.3 Å². The summed E-state index contributed by atoms with van der Waals surface area (Å²) in [6.45, 7) is 4.18. The van der Waals surface area contributed by atoms with Crippen molar-refractivity contribution in [2.24, 2.45) is 0 Å². The Kier molecular flexibility index (Phi) is 5.72. The first-order valence-electron chi connectivity index (χ1n) is 5.62. The van der Waals surface area contributed by atoms with E-state index < -0.39 is 5.97 Å². The van der Waals surface area contributed by atoms with Gasteiger partial charge in [-0.1, -0.05) is 0 Å². The molecule has 1 aromatic rings. The lowest BCUT2D eigenvalue weighted by Crippen LogP contribution is -2.13. The first-order valence-corrected chi connectivity index (χ1v) is 5.62. The monoisotopic (exact) mass is 241 g/mol. The van der Waals surface area contributed by atoms with Gasteiger partial charge in [0, 0.05) is 33.1 Å². The highest BCUT2D eigenvalue weighted by Crippen LogP contribution is 2.09. The van der Waals surface area contributed by atoms with Crippen LogP contribution in [0.2, 0.25) is 0 Å². The number of carboxylic acids is 1. The third-order valence-electron chi connectivity index (χ3n) is 2.48. The molecule has 0 aromatic carbocycles. The van der Waals surface area contributed by atoms with E-state index in [0.717, 1.165) is 12.0 Å². The van der Waals surface area contributed by atoms with Crippen LogP contribution in [0.4, 0.5) is 0 Å². The lowest BCUT2D eigenvalue weighted by molar-refractivity contribution is 0.0677. The van der Waals surface area contributed by atoms with Gasteiger partial charge in [0.05, 0.1) is 6.61 Å². The number of nitrogens with zero attached hydrogens (tertiary/aromatic N) is 1. The zero-order valence-electron chi connectivity index (χ0n) is 10.3. The van der Waals surface area contributed by atoms with Crippen LogP contribution in [-0.2, 0) is 16.0 Å². The molecule has 1 heterocycles. The van der Waals surface area contributed by atoms with Gasteiger partial charge in [-0.2, -0.15) is 0 Å². The van der Waals surface area contributed by atoms with Crippen molar-refractivity contribution in [3.63, 3.8) is 0 Å². The van der Waals surface area contributed by atoms with Gasteiger partial charge >= 0.3 is 5.97 Å². The molecule has 5 heteroatoms. The minimum atomic E-state index is -0.896. The normalized spacial score (nSPS) is 10.7. The van der Waals surface area contributed by atoms with Crippen LogP contribution in [0.3, 0.4) is 0 Å². The number of hydrogen-bond donors (Lipinski definition) is 1. The lowest BCUT2D eigenvalue weighted by Gasteiger charge is -2.08. The van der Waals surface area contributed by atoms with Gasteiger partial charge in [0.1, 0.15) is 5.69 Å². The van der Waals surface area contributed by atoms with E-state index >= 15 is 0 Å². The summed E-state index contributed by atoms with van der Waals surface area (Å²) in [4.78, 5) is 11.0. The molecule has 0 aliphatic heterocycles. The molecule has 0 aliphatic carbocycles. The summed E-state index contributed by atoms with van der Waals surface area (Å²) in [5.41, 5.74) is 1.11. The van der Waals surface area contributed by atoms with Crippen molar-refractivity contribution < 1.29 is 19.4 Å². The molecule has 0 radical (unpaired) electrons. The summed E-state index contributed by atoms with van der Waals surface area (Å²) < 4.78 is 12.0. The molecule has 0 fully saturated rings. The number of rotatable bonds is 8. The minimum Gasteiger partial charge on any atom is -0.477 e. The standard InChI is InChI=1S/C12H19NO4/c1-10-4-5-13(11(10)12(14)15)6-9-17-8-3-7-16-2/h4-5H,3,6-9H2,1-2H3,(H,14,15). The van der Waals surface area contributed by atoms with E-state index in [2.05, 4.69) is 0 Å². The van der Waals surface area contributed by atoms with Crippen LogP contribution < -0.4 is 0 Å². The van der Waals surface area contributed by atoms with E-state index in [-0.39, 0.29) is 0 Å². The fourth-order valence-corrected chi connectivity index (χ4v) is 1.63. The molecule has 1 aromatic heterocycles. The van der Waals surface area contributed by atoms with E-state index in [0.29, 0.717) is 32.1 Å². The summed E-state index contributed by atoms with van der Waals surface area (Å²) in [7, 11) is 1.65. The fourth-order valence-electron chi connectivity index (χ4n) is 1.63. The van der Waals surface area contributed by atoms with E-state index in [1.165, 1.54) is 0 Å². The van der Waals surface area contributed by atoms with E-state index in [9.17, 15) is 4.79 Å². The maximum atomic E-state index is 11.0.